The number of benzene rings is 3. The SMILES string of the molecule is Cc1ccc([C@H]2CC(c3ccc(F)cc3)=NN2C2=NC(=O)[C@H](CC(=O)Nc3ccc(C(=O)O)cc3)S2)cc1. The van der Waals surface area contributed by atoms with Crippen LogP contribution in [0.3, 0.4) is 0 Å². The normalized spacial score (nSPS) is 18.8. The minimum absolute atomic E-state index is 0.102. The Morgan fingerprint density at radius 3 is 2.39 bits per heavy atom. The van der Waals surface area contributed by atoms with E-state index in [0.29, 0.717) is 17.3 Å². The van der Waals surface area contributed by atoms with Crippen LogP contribution in [0.1, 0.15) is 45.9 Å². The summed E-state index contributed by atoms with van der Waals surface area (Å²) in [5, 5.41) is 17.9. The fourth-order valence-corrected chi connectivity index (χ4v) is 5.29. The van der Waals surface area contributed by atoms with Crippen LogP contribution in [0.4, 0.5) is 10.1 Å². The summed E-state index contributed by atoms with van der Waals surface area (Å²) < 4.78 is 13.5. The van der Waals surface area contributed by atoms with Crippen molar-refractivity contribution in [2.45, 2.75) is 31.1 Å². The summed E-state index contributed by atoms with van der Waals surface area (Å²) in [6, 6.07) is 19.7. The maximum Gasteiger partial charge on any atom is 0.335 e. The number of hydrogen-bond donors (Lipinski definition) is 2. The smallest absolute Gasteiger partial charge is 0.335 e. The third kappa shape index (κ3) is 5.50. The number of rotatable bonds is 6. The molecule has 0 saturated carbocycles. The second-order valence-electron chi connectivity index (χ2n) is 9.00. The van der Waals surface area contributed by atoms with Crippen LogP contribution in [0, 0.1) is 12.7 Å². The van der Waals surface area contributed by atoms with E-state index in [4.69, 9.17) is 10.2 Å². The Balaban J connectivity index is 1.32. The second kappa shape index (κ2) is 10.6. The standard InChI is InChI=1S/C28H23FN4O4S/c1-16-2-4-18(5-3-16)23-14-22(17-6-10-20(29)11-7-17)32-33(23)28-31-26(35)24(38-28)15-25(34)30-21-12-8-19(9-13-21)27(36)37/h2-13,23-24H,14-15H2,1H3,(H,30,34)(H,36,37)/t23-,24+/m1/s1. The van der Waals surface area contributed by atoms with Gasteiger partial charge in [-0.25, -0.2) is 14.2 Å². The van der Waals surface area contributed by atoms with Crippen LogP contribution in [0.2, 0.25) is 0 Å². The number of nitrogens with one attached hydrogen (secondary N) is 1. The van der Waals surface area contributed by atoms with E-state index in [1.165, 1.54) is 48.2 Å². The zero-order valence-corrected chi connectivity index (χ0v) is 21.1. The van der Waals surface area contributed by atoms with Gasteiger partial charge in [-0.1, -0.05) is 53.7 Å². The van der Waals surface area contributed by atoms with Crippen molar-refractivity contribution in [1.29, 1.82) is 0 Å². The first-order chi connectivity index (χ1) is 18.3. The van der Waals surface area contributed by atoms with Crippen LogP contribution in [-0.2, 0) is 9.59 Å². The Morgan fingerprint density at radius 2 is 1.74 bits per heavy atom. The van der Waals surface area contributed by atoms with Gasteiger partial charge in [-0.05, 0) is 54.4 Å². The third-order valence-corrected chi connectivity index (χ3v) is 7.40. The summed E-state index contributed by atoms with van der Waals surface area (Å²) in [7, 11) is 0. The fourth-order valence-electron chi connectivity index (χ4n) is 4.23. The molecule has 3 aromatic carbocycles. The Bertz CT molecular complexity index is 1450. The minimum atomic E-state index is -1.06. The van der Waals surface area contributed by atoms with Crippen molar-refractivity contribution in [3.8, 4) is 0 Å². The molecule has 10 heteroatoms. The number of carbonyl (C=O) groups is 3. The van der Waals surface area contributed by atoms with Gasteiger partial charge in [0.15, 0.2) is 5.17 Å². The summed E-state index contributed by atoms with van der Waals surface area (Å²) in [5.41, 5.74) is 4.19. The largest absolute Gasteiger partial charge is 0.478 e. The molecule has 0 bridgehead atoms. The number of carbonyl (C=O) groups excluding carboxylic acids is 2. The van der Waals surface area contributed by atoms with Gasteiger partial charge >= 0.3 is 5.97 Å². The van der Waals surface area contributed by atoms with Gasteiger partial charge in [0.2, 0.25) is 5.91 Å². The molecule has 0 unspecified atom stereocenters. The number of carboxylic acids is 1. The highest BCUT2D eigenvalue weighted by Crippen LogP contribution is 2.38. The lowest BCUT2D eigenvalue weighted by Gasteiger charge is -2.23. The van der Waals surface area contributed by atoms with E-state index in [9.17, 15) is 18.8 Å². The molecule has 0 fully saturated rings. The number of carboxylic acid groups (broad SMARTS) is 1. The molecule has 0 aliphatic carbocycles. The van der Waals surface area contributed by atoms with E-state index in [2.05, 4.69) is 10.3 Å². The van der Waals surface area contributed by atoms with E-state index in [0.717, 1.165) is 22.4 Å². The predicted octanol–water partition coefficient (Wildman–Crippen LogP) is 5.01. The Labute approximate surface area is 222 Å². The fraction of sp³-hybridized carbons (Fsp3) is 0.179. The average molecular weight is 531 g/mol. The molecule has 2 atom stereocenters. The molecule has 2 aliphatic rings. The van der Waals surface area contributed by atoms with E-state index < -0.39 is 17.1 Å². The molecule has 2 aliphatic heterocycles. The first-order valence-corrected chi connectivity index (χ1v) is 12.8. The van der Waals surface area contributed by atoms with Gasteiger partial charge in [0.25, 0.3) is 5.91 Å². The summed E-state index contributed by atoms with van der Waals surface area (Å²) in [6.07, 6.45) is 0.439. The lowest BCUT2D eigenvalue weighted by molar-refractivity contribution is -0.121. The number of nitrogens with zero attached hydrogens (tertiary/aromatic N) is 3. The van der Waals surface area contributed by atoms with Gasteiger partial charge in [0, 0.05) is 18.5 Å². The molecule has 0 saturated heterocycles. The van der Waals surface area contributed by atoms with Gasteiger partial charge in [0.1, 0.15) is 11.1 Å². The van der Waals surface area contributed by atoms with Crippen LogP contribution in [0.5, 0.6) is 0 Å². The Hall–Kier alpha value is -4.31. The zero-order valence-electron chi connectivity index (χ0n) is 20.3. The van der Waals surface area contributed by atoms with Crippen LogP contribution < -0.4 is 5.32 Å². The minimum Gasteiger partial charge on any atom is -0.478 e. The number of hydrogen-bond acceptors (Lipinski definition) is 6. The van der Waals surface area contributed by atoms with Crippen molar-refractivity contribution >= 4 is 46.1 Å². The summed E-state index contributed by atoms with van der Waals surface area (Å²) in [5.74, 6) is -2.20. The number of aliphatic imine (C=N–C) groups is 1. The lowest BCUT2D eigenvalue weighted by atomic mass is 9.98. The number of amides is 2. The van der Waals surface area contributed by atoms with Gasteiger partial charge in [0.05, 0.1) is 17.3 Å². The maximum atomic E-state index is 13.5. The van der Waals surface area contributed by atoms with E-state index >= 15 is 0 Å². The van der Waals surface area contributed by atoms with Gasteiger partial charge in [-0.2, -0.15) is 10.1 Å². The molecule has 0 radical (unpaired) electrons. The molecule has 2 amide bonds. The highest BCUT2D eigenvalue weighted by Gasteiger charge is 2.39. The molecule has 3 aromatic rings. The van der Waals surface area contributed by atoms with Crippen molar-refractivity contribution in [2.24, 2.45) is 10.1 Å². The summed E-state index contributed by atoms with van der Waals surface area (Å²) >= 11 is 1.18. The van der Waals surface area contributed by atoms with Gasteiger partial charge in [-0.3, -0.25) is 9.59 Å². The monoisotopic (exact) mass is 530 g/mol. The van der Waals surface area contributed by atoms with Crippen molar-refractivity contribution in [3.05, 3.63) is 101 Å². The van der Waals surface area contributed by atoms with Crippen molar-refractivity contribution in [3.63, 3.8) is 0 Å². The molecular formula is C28H23FN4O4S. The molecule has 8 nitrogen and oxygen atoms in total. The summed E-state index contributed by atoms with van der Waals surface area (Å²) in [4.78, 5) is 40.6. The first-order valence-electron chi connectivity index (χ1n) is 11.9. The van der Waals surface area contributed by atoms with E-state index in [-0.39, 0.29) is 29.8 Å². The Morgan fingerprint density at radius 1 is 1.05 bits per heavy atom. The second-order valence-corrected chi connectivity index (χ2v) is 10.2. The van der Waals surface area contributed by atoms with Gasteiger partial charge < -0.3 is 10.4 Å². The van der Waals surface area contributed by atoms with Crippen LogP contribution in [-0.4, -0.2) is 44.0 Å². The number of aryl methyl sites for hydroxylation is 1. The Kier molecular flexibility index (Phi) is 7.06. The van der Waals surface area contributed by atoms with Gasteiger partial charge in [-0.15, -0.1) is 0 Å². The van der Waals surface area contributed by atoms with E-state index in [1.54, 1.807) is 17.1 Å². The van der Waals surface area contributed by atoms with Crippen LogP contribution in [0.15, 0.2) is 82.9 Å². The van der Waals surface area contributed by atoms with Crippen LogP contribution >= 0.6 is 11.8 Å². The molecule has 2 N–H and O–H groups in total. The molecule has 0 spiro atoms. The van der Waals surface area contributed by atoms with Crippen molar-refractivity contribution < 1.29 is 23.9 Å². The number of thioether (sulfide) groups is 1. The van der Waals surface area contributed by atoms with Crippen molar-refractivity contribution in [1.82, 2.24) is 5.01 Å². The molecule has 0 aromatic heterocycles. The highest BCUT2D eigenvalue weighted by atomic mass is 32.2. The predicted molar refractivity (Wildman–Crippen MR) is 144 cm³/mol. The first kappa shape index (κ1) is 25.3. The summed E-state index contributed by atoms with van der Waals surface area (Å²) in [6.45, 7) is 2.00. The highest BCUT2D eigenvalue weighted by molar-refractivity contribution is 8.15. The average Bonchev–Trinajstić information content (AvgIpc) is 3.49. The molecule has 192 valence electrons. The topological polar surface area (TPSA) is 111 Å². The third-order valence-electron chi connectivity index (χ3n) is 6.26. The number of halogens is 1. The van der Waals surface area contributed by atoms with Crippen LogP contribution in [0.25, 0.3) is 0 Å². The quantitative estimate of drug-likeness (QED) is 0.464. The molecule has 2 heterocycles. The number of aromatic carboxylic acids is 1. The molecular weight excluding hydrogens is 507 g/mol. The number of amidine groups is 1. The van der Waals surface area contributed by atoms with Crippen molar-refractivity contribution in [2.75, 3.05) is 5.32 Å². The number of anilines is 1. The molecule has 5 rings (SSSR count). The molecule has 38 heavy (non-hydrogen) atoms. The lowest BCUT2D eigenvalue weighted by Crippen LogP contribution is -2.25. The maximum absolute atomic E-state index is 13.5. The number of hydrazone groups is 1. The van der Waals surface area contributed by atoms with E-state index in [1.807, 2.05) is 31.2 Å². The zero-order chi connectivity index (χ0) is 26.8.